The average Bonchev–Trinajstić information content (AvgIpc) is 2.68. The smallest absolute Gasteiger partial charge is 0.416 e. The van der Waals surface area contributed by atoms with Gasteiger partial charge in [-0.2, -0.15) is 18.2 Å². The molecular weight excluding hydrogens is 448 g/mol. The van der Waals surface area contributed by atoms with Crippen LogP contribution < -0.4 is 9.47 Å². The van der Waals surface area contributed by atoms with Crippen LogP contribution in [0.4, 0.5) is 13.2 Å². The van der Waals surface area contributed by atoms with Crippen molar-refractivity contribution in [3.8, 4) is 17.4 Å². The Hall–Kier alpha value is -2.16. The van der Waals surface area contributed by atoms with Crippen LogP contribution in [0.25, 0.3) is 0 Å². The molecule has 152 valence electrons. The molecule has 3 aromatic rings. The first-order valence-electron chi connectivity index (χ1n) is 8.09. The Morgan fingerprint density at radius 2 is 1.86 bits per heavy atom. The SMILES string of the molecule is COc1cnc(SCc2ccc(Cl)c(Cl)c2)nc1Oc1cccc(C(F)(F)F)c1. The third kappa shape index (κ3) is 5.68. The molecule has 0 fully saturated rings. The van der Waals surface area contributed by atoms with Crippen LogP contribution in [0.5, 0.6) is 17.4 Å². The topological polar surface area (TPSA) is 44.2 Å². The summed E-state index contributed by atoms with van der Waals surface area (Å²) in [6, 6.07) is 9.76. The van der Waals surface area contributed by atoms with Gasteiger partial charge in [0.25, 0.3) is 5.88 Å². The minimum Gasteiger partial charge on any atom is -0.490 e. The summed E-state index contributed by atoms with van der Waals surface area (Å²) in [4.78, 5) is 8.42. The molecule has 1 heterocycles. The molecule has 0 radical (unpaired) electrons. The van der Waals surface area contributed by atoms with Crippen LogP contribution in [0.1, 0.15) is 11.1 Å². The summed E-state index contributed by atoms with van der Waals surface area (Å²) in [5.41, 5.74) is 0.0846. The maximum absolute atomic E-state index is 12.9. The van der Waals surface area contributed by atoms with Crippen LogP contribution in [0.2, 0.25) is 10.0 Å². The van der Waals surface area contributed by atoms with E-state index in [9.17, 15) is 13.2 Å². The molecule has 0 aliphatic heterocycles. The summed E-state index contributed by atoms with van der Waals surface area (Å²) < 4.78 is 49.4. The van der Waals surface area contributed by atoms with Gasteiger partial charge >= 0.3 is 6.18 Å². The largest absolute Gasteiger partial charge is 0.490 e. The van der Waals surface area contributed by atoms with Gasteiger partial charge in [-0.1, -0.05) is 47.1 Å². The third-order valence-electron chi connectivity index (χ3n) is 3.65. The zero-order chi connectivity index (χ0) is 21.0. The van der Waals surface area contributed by atoms with Crippen molar-refractivity contribution in [3.05, 3.63) is 69.8 Å². The Bertz CT molecular complexity index is 1020. The minimum absolute atomic E-state index is 0.0125. The van der Waals surface area contributed by atoms with Gasteiger partial charge in [0, 0.05) is 5.75 Å². The molecule has 10 heteroatoms. The molecule has 0 N–H and O–H groups in total. The van der Waals surface area contributed by atoms with Crippen LogP contribution >= 0.6 is 35.0 Å². The van der Waals surface area contributed by atoms with Crippen LogP contribution in [0.15, 0.2) is 53.8 Å². The first kappa shape index (κ1) is 21.5. The Morgan fingerprint density at radius 1 is 1.07 bits per heavy atom. The summed E-state index contributed by atoms with van der Waals surface area (Å²) >= 11 is 13.2. The predicted molar refractivity (Wildman–Crippen MR) is 106 cm³/mol. The zero-order valence-corrected chi connectivity index (χ0v) is 17.2. The Morgan fingerprint density at radius 3 is 2.55 bits per heavy atom. The van der Waals surface area contributed by atoms with Crippen molar-refractivity contribution in [2.45, 2.75) is 17.1 Å². The first-order valence-corrected chi connectivity index (χ1v) is 9.83. The van der Waals surface area contributed by atoms with Crippen LogP contribution in [0, 0.1) is 0 Å². The highest BCUT2D eigenvalue weighted by atomic mass is 35.5. The second kappa shape index (κ2) is 9.11. The molecule has 0 bridgehead atoms. The monoisotopic (exact) mass is 460 g/mol. The van der Waals surface area contributed by atoms with E-state index in [2.05, 4.69) is 9.97 Å². The average molecular weight is 461 g/mol. The standard InChI is InChI=1S/C19H13Cl2F3N2O2S/c1-27-16-9-25-18(29-10-11-5-6-14(20)15(21)7-11)26-17(16)28-13-4-2-3-12(8-13)19(22,23)24/h2-9H,10H2,1H3. The number of alkyl halides is 3. The molecule has 4 nitrogen and oxygen atoms in total. The summed E-state index contributed by atoms with van der Waals surface area (Å²) in [5, 5.41) is 1.26. The van der Waals surface area contributed by atoms with Gasteiger partial charge in [0.2, 0.25) is 0 Å². The molecule has 0 amide bonds. The van der Waals surface area contributed by atoms with E-state index < -0.39 is 11.7 Å². The lowest BCUT2D eigenvalue weighted by Gasteiger charge is -2.12. The molecule has 0 spiro atoms. The van der Waals surface area contributed by atoms with Crippen LogP contribution in [-0.4, -0.2) is 17.1 Å². The molecule has 1 aromatic heterocycles. The van der Waals surface area contributed by atoms with Crippen molar-refractivity contribution < 1.29 is 22.6 Å². The van der Waals surface area contributed by atoms with Gasteiger partial charge in [0.05, 0.1) is 28.9 Å². The van der Waals surface area contributed by atoms with E-state index >= 15 is 0 Å². The van der Waals surface area contributed by atoms with Crippen molar-refractivity contribution in [3.63, 3.8) is 0 Å². The van der Waals surface area contributed by atoms with Gasteiger partial charge in [-0.15, -0.1) is 0 Å². The van der Waals surface area contributed by atoms with Gasteiger partial charge in [-0.05, 0) is 35.9 Å². The number of ether oxygens (including phenoxy) is 2. The number of rotatable bonds is 6. The molecular formula is C19H13Cl2F3N2O2S. The van der Waals surface area contributed by atoms with E-state index in [1.54, 1.807) is 12.1 Å². The lowest BCUT2D eigenvalue weighted by molar-refractivity contribution is -0.137. The lowest BCUT2D eigenvalue weighted by Crippen LogP contribution is -2.04. The quantitative estimate of drug-likeness (QED) is 0.295. The van der Waals surface area contributed by atoms with Gasteiger partial charge in [-0.25, -0.2) is 4.98 Å². The molecule has 0 aliphatic carbocycles. The molecule has 3 rings (SSSR count). The van der Waals surface area contributed by atoms with E-state index in [-0.39, 0.29) is 17.4 Å². The number of hydrogen-bond donors (Lipinski definition) is 0. The molecule has 0 saturated carbocycles. The fourth-order valence-corrected chi connectivity index (χ4v) is 3.32. The lowest BCUT2D eigenvalue weighted by atomic mass is 10.2. The second-order valence-corrected chi connectivity index (χ2v) is 7.45. The number of nitrogens with zero attached hydrogens (tertiary/aromatic N) is 2. The number of benzene rings is 2. The van der Waals surface area contributed by atoms with E-state index in [0.717, 1.165) is 17.7 Å². The summed E-state index contributed by atoms with van der Waals surface area (Å²) in [6.07, 6.45) is -3.08. The third-order valence-corrected chi connectivity index (χ3v) is 5.32. The number of halogens is 5. The molecule has 0 atom stereocenters. The van der Waals surface area contributed by atoms with Gasteiger partial charge in [0.15, 0.2) is 10.9 Å². The number of thioether (sulfide) groups is 1. The van der Waals surface area contributed by atoms with E-state index in [4.69, 9.17) is 32.7 Å². The predicted octanol–water partition coefficient (Wildman–Crippen LogP) is 6.90. The van der Waals surface area contributed by atoms with Crippen molar-refractivity contribution in [1.82, 2.24) is 9.97 Å². The highest BCUT2D eigenvalue weighted by Crippen LogP contribution is 2.35. The Kier molecular flexibility index (Phi) is 6.77. The van der Waals surface area contributed by atoms with Crippen molar-refractivity contribution in [2.75, 3.05) is 7.11 Å². The van der Waals surface area contributed by atoms with Crippen molar-refractivity contribution in [1.29, 1.82) is 0 Å². The van der Waals surface area contributed by atoms with E-state index in [0.29, 0.717) is 21.0 Å². The Balaban J connectivity index is 1.79. The zero-order valence-electron chi connectivity index (χ0n) is 14.8. The van der Waals surface area contributed by atoms with E-state index in [1.165, 1.54) is 37.2 Å². The fraction of sp³-hybridized carbons (Fsp3) is 0.158. The highest BCUT2D eigenvalue weighted by Gasteiger charge is 2.30. The van der Waals surface area contributed by atoms with Crippen LogP contribution in [0.3, 0.4) is 0 Å². The Labute approximate surface area is 179 Å². The fourth-order valence-electron chi connectivity index (χ4n) is 2.25. The van der Waals surface area contributed by atoms with Crippen molar-refractivity contribution in [2.24, 2.45) is 0 Å². The molecule has 0 saturated heterocycles. The normalized spacial score (nSPS) is 11.4. The maximum atomic E-state index is 12.9. The van der Waals surface area contributed by atoms with Gasteiger partial charge < -0.3 is 9.47 Å². The first-order chi connectivity index (χ1) is 13.8. The summed E-state index contributed by atoms with van der Waals surface area (Å²) in [6.45, 7) is 0. The van der Waals surface area contributed by atoms with Gasteiger partial charge in [-0.3, -0.25) is 0 Å². The second-order valence-electron chi connectivity index (χ2n) is 5.69. The molecule has 29 heavy (non-hydrogen) atoms. The maximum Gasteiger partial charge on any atom is 0.416 e. The summed E-state index contributed by atoms with van der Waals surface area (Å²) in [5.74, 6) is 0.698. The van der Waals surface area contributed by atoms with E-state index in [1.807, 2.05) is 6.07 Å². The number of hydrogen-bond acceptors (Lipinski definition) is 5. The molecule has 0 unspecified atom stereocenters. The van der Waals surface area contributed by atoms with Crippen molar-refractivity contribution >= 4 is 35.0 Å². The molecule has 2 aromatic carbocycles. The minimum atomic E-state index is -4.48. The molecule has 0 aliphatic rings. The number of aromatic nitrogens is 2. The summed E-state index contributed by atoms with van der Waals surface area (Å²) in [7, 11) is 1.39. The number of methoxy groups -OCH3 is 1. The van der Waals surface area contributed by atoms with Gasteiger partial charge in [0.1, 0.15) is 5.75 Å². The van der Waals surface area contributed by atoms with Crippen LogP contribution in [-0.2, 0) is 11.9 Å². The highest BCUT2D eigenvalue weighted by molar-refractivity contribution is 7.98.